The van der Waals surface area contributed by atoms with Crippen molar-refractivity contribution < 1.29 is 19.1 Å². The van der Waals surface area contributed by atoms with Gasteiger partial charge in [-0.15, -0.1) is 0 Å². The van der Waals surface area contributed by atoms with Crippen molar-refractivity contribution in [1.29, 1.82) is 0 Å². The molecule has 150 valence electrons. The molecule has 1 aromatic rings. The van der Waals surface area contributed by atoms with E-state index in [0.717, 1.165) is 31.6 Å². The molecule has 0 aliphatic heterocycles. The van der Waals surface area contributed by atoms with Crippen molar-refractivity contribution in [2.45, 2.75) is 58.8 Å². The second-order valence-electron chi connectivity index (χ2n) is 7.10. The van der Waals surface area contributed by atoms with E-state index in [-0.39, 0.29) is 24.0 Å². The van der Waals surface area contributed by atoms with Gasteiger partial charge in [0.1, 0.15) is 11.3 Å². The number of nitrogens with one attached hydrogen (secondary N) is 1. The van der Waals surface area contributed by atoms with Crippen LogP contribution in [0.25, 0.3) is 0 Å². The Morgan fingerprint density at radius 1 is 1.19 bits per heavy atom. The van der Waals surface area contributed by atoms with E-state index in [1.807, 2.05) is 0 Å². The predicted molar refractivity (Wildman–Crippen MR) is 108 cm³/mol. The second kappa shape index (κ2) is 10.5. The SMILES string of the molecule is CCCCC1CCC(C(=O)Nc2cc(OC)c(C(=O)OCC)cc2Cl)CC1. The summed E-state index contributed by atoms with van der Waals surface area (Å²) in [6.07, 6.45) is 7.80. The number of halogens is 1. The third kappa shape index (κ3) is 5.86. The molecule has 27 heavy (non-hydrogen) atoms. The lowest BCUT2D eigenvalue weighted by Crippen LogP contribution is -2.27. The van der Waals surface area contributed by atoms with E-state index < -0.39 is 5.97 Å². The number of hydrogen-bond acceptors (Lipinski definition) is 4. The number of amides is 1. The normalized spacial score (nSPS) is 19.4. The van der Waals surface area contributed by atoms with Crippen LogP contribution < -0.4 is 10.1 Å². The molecule has 1 fully saturated rings. The standard InChI is InChI=1S/C21H30ClNO4/c1-4-6-7-14-8-10-15(11-9-14)20(24)23-18-13-19(26-3)16(12-17(18)22)21(25)27-5-2/h12-15H,4-11H2,1-3H3,(H,23,24). The number of benzene rings is 1. The van der Waals surface area contributed by atoms with Crippen molar-refractivity contribution in [1.82, 2.24) is 0 Å². The molecular formula is C21H30ClNO4. The van der Waals surface area contributed by atoms with Crippen LogP contribution in [-0.4, -0.2) is 25.6 Å². The maximum absolute atomic E-state index is 12.7. The molecule has 1 aromatic carbocycles. The highest BCUT2D eigenvalue weighted by atomic mass is 35.5. The Kier molecular flexibility index (Phi) is 8.42. The number of esters is 1. The number of carbonyl (C=O) groups is 2. The number of methoxy groups -OCH3 is 1. The van der Waals surface area contributed by atoms with Crippen molar-refractivity contribution in [3.63, 3.8) is 0 Å². The highest BCUT2D eigenvalue weighted by Gasteiger charge is 2.27. The van der Waals surface area contributed by atoms with Gasteiger partial charge in [-0.05, 0) is 44.6 Å². The van der Waals surface area contributed by atoms with E-state index in [9.17, 15) is 9.59 Å². The molecule has 0 spiro atoms. The zero-order valence-corrected chi connectivity index (χ0v) is 17.2. The van der Waals surface area contributed by atoms with Crippen LogP contribution in [0, 0.1) is 11.8 Å². The number of hydrogen-bond donors (Lipinski definition) is 1. The number of rotatable bonds is 8. The molecule has 1 N–H and O–H groups in total. The van der Waals surface area contributed by atoms with Crippen LogP contribution in [0.5, 0.6) is 5.75 Å². The van der Waals surface area contributed by atoms with Gasteiger partial charge in [-0.2, -0.15) is 0 Å². The molecule has 6 heteroatoms. The van der Waals surface area contributed by atoms with E-state index in [4.69, 9.17) is 21.1 Å². The molecule has 2 rings (SSSR count). The molecule has 0 radical (unpaired) electrons. The van der Waals surface area contributed by atoms with E-state index in [1.165, 1.54) is 32.4 Å². The average molecular weight is 396 g/mol. The Bertz CT molecular complexity index is 654. The molecule has 1 aliphatic carbocycles. The van der Waals surface area contributed by atoms with Crippen LogP contribution in [0.1, 0.15) is 69.2 Å². The summed E-state index contributed by atoms with van der Waals surface area (Å²) in [5, 5.41) is 3.20. The maximum atomic E-state index is 12.7. The second-order valence-corrected chi connectivity index (χ2v) is 7.51. The topological polar surface area (TPSA) is 64.6 Å². The molecule has 0 aromatic heterocycles. The van der Waals surface area contributed by atoms with Crippen LogP contribution in [0.2, 0.25) is 5.02 Å². The van der Waals surface area contributed by atoms with Gasteiger partial charge in [-0.1, -0.05) is 37.8 Å². The summed E-state index contributed by atoms with van der Waals surface area (Å²) in [7, 11) is 1.47. The van der Waals surface area contributed by atoms with E-state index in [1.54, 1.807) is 13.0 Å². The highest BCUT2D eigenvalue weighted by Crippen LogP contribution is 2.35. The number of anilines is 1. The highest BCUT2D eigenvalue weighted by molar-refractivity contribution is 6.34. The minimum Gasteiger partial charge on any atom is -0.496 e. The Balaban J connectivity index is 2.02. The first-order valence-electron chi connectivity index (χ1n) is 9.85. The quantitative estimate of drug-likeness (QED) is 0.593. The van der Waals surface area contributed by atoms with Gasteiger partial charge in [0, 0.05) is 12.0 Å². The first-order valence-corrected chi connectivity index (χ1v) is 10.2. The van der Waals surface area contributed by atoms with Crippen LogP contribution in [0.4, 0.5) is 5.69 Å². The summed E-state index contributed by atoms with van der Waals surface area (Å²) in [5.74, 6) is 0.573. The Morgan fingerprint density at radius 3 is 2.48 bits per heavy atom. The first-order chi connectivity index (χ1) is 13.0. The van der Waals surface area contributed by atoms with Crippen molar-refractivity contribution in [2.75, 3.05) is 19.0 Å². The number of carbonyl (C=O) groups excluding carboxylic acids is 2. The lowest BCUT2D eigenvalue weighted by atomic mass is 9.79. The van der Waals surface area contributed by atoms with E-state index in [2.05, 4.69) is 12.2 Å². The Morgan fingerprint density at radius 2 is 1.89 bits per heavy atom. The lowest BCUT2D eigenvalue weighted by molar-refractivity contribution is -0.121. The molecule has 0 heterocycles. The van der Waals surface area contributed by atoms with Crippen molar-refractivity contribution in [3.05, 3.63) is 22.7 Å². The fraction of sp³-hybridized carbons (Fsp3) is 0.619. The molecule has 0 atom stereocenters. The maximum Gasteiger partial charge on any atom is 0.341 e. The third-order valence-electron chi connectivity index (χ3n) is 5.23. The summed E-state index contributed by atoms with van der Waals surface area (Å²) < 4.78 is 10.3. The van der Waals surface area contributed by atoms with Gasteiger partial charge >= 0.3 is 5.97 Å². The van der Waals surface area contributed by atoms with Crippen molar-refractivity contribution in [2.24, 2.45) is 11.8 Å². The summed E-state index contributed by atoms with van der Waals surface area (Å²) in [6.45, 7) is 4.21. The zero-order chi connectivity index (χ0) is 19.8. The smallest absolute Gasteiger partial charge is 0.341 e. The Labute approximate surface area is 166 Å². The summed E-state index contributed by atoms with van der Waals surface area (Å²) in [4.78, 5) is 24.7. The van der Waals surface area contributed by atoms with Gasteiger partial charge in [-0.3, -0.25) is 4.79 Å². The fourth-order valence-electron chi connectivity index (χ4n) is 3.63. The van der Waals surface area contributed by atoms with Gasteiger partial charge in [0.05, 0.1) is 24.4 Å². The molecule has 0 saturated heterocycles. The van der Waals surface area contributed by atoms with Gasteiger partial charge in [0.15, 0.2) is 0 Å². The molecule has 0 unspecified atom stereocenters. The molecule has 0 bridgehead atoms. The van der Waals surface area contributed by atoms with Gasteiger partial charge in [0.2, 0.25) is 5.91 Å². The molecule has 1 saturated carbocycles. The lowest BCUT2D eigenvalue weighted by Gasteiger charge is -2.28. The van der Waals surface area contributed by atoms with Crippen LogP contribution >= 0.6 is 11.6 Å². The fourth-order valence-corrected chi connectivity index (χ4v) is 3.84. The van der Waals surface area contributed by atoms with Gasteiger partial charge in [0.25, 0.3) is 0 Å². The van der Waals surface area contributed by atoms with Crippen LogP contribution in [0.3, 0.4) is 0 Å². The van der Waals surface area contributed by atoms with Crippen LogP contribution in [0.15, 0.2) is 12.1 Å². The zero-order valence-electron chi connectivity index (χ0n) is 16.5. The summed E-state index contributed by atoms with van der Waals surface area (Å²) in [6, 6.07) is 3.06. The van der Waals surface area contributed by atoms with Crippen molar-refractivity contribution in [3.8, 4) is 5.75 Å². The first kappa shape index (κ1) is 21.5. The predicted octanol–water partition coefficient (Wildman–Crippen LogP) is 5.46. The molecular weight excluding hydrogens is 366 g/mol. The Hall–Kier alpha value is -1.75. The minimum atomic E-state index is -0.500. The molecule has 5 nitrogen and oxygen atoms in total. The average Bonchev–Trinajstić information content (AvgIpc) is 2.68. The van der Waals surface area contributed by atoms with Gasteiger partial charge < -0.3 is 14.8 Å². The summed E-state index contributed by atoms with van der Waals surface area (Å²) in [5.41, 5.74) is 0.707. The largest absolute Gasteiger partial charge is 0.496 e. The van der Waals surface area contributed by atoms with Gasteiger partial charge in [-0.25, -0.2) is 4.79 Å². The summed E-state index contributed by atoms with van der Waals surface area (Å²) >= 11 is 6.29. The number of ether oxygens (including phenoxy) is 2. The van der Waals surface area contributed by atoms with E-state index in [0.29, 0.717) is 16.5 Å². The molecule has 1 aliphatic rings. The number of unbranched alkanes of at least 4 members (excludes halogenated alkanes) is 1. The van der Waals surface area contributed by atoms with E-state index >= 15 is 0 Å². The third-order valence-corrected chi connectivity index (χ3v) is 5.54. The van der Waals surface area contributed by atoms with Crippen LogP contribution in [-0.2, 0) is 9.53 Å². The molecule has 1 amide bonds. The minimum absolute atomic E-state index is 0.00895. The monoisotopic (exact) mass is 395 g/mol. The van der Waals surface area contributed by atoms with Crippen molar-refractivity contribution >= 4 is 29.2 Å².